The predicted octanol–water partition coefficient (Wildman–Crippen LogP) is 1.79. The van der Waals surface area contributed by atoms with Crippen molar-refractivity contribution in [2.75, 3.05) is 6.54 Å². The fraction of sp³-hybridized carbons (Fsp3) is 0.250. The van der Waals surface area contributed by atoms with Gasteiger partial charge in [-0.2, -0.15) is 5.26 Å². The van der Waals surface area contributed by atoms with Crippen LogP contribution in [0.2, 0.25) is 0 Å². The van der Waals surface area contributed by atoms with Gasteiger partial charge in [-0.15, -0.1) is 11.6 Å². The maximum absolute atomic E-state index is 11.7. The van der Waals surface area contributed by atoms with Crippen molar-refractivity contribution >= 4 is 23.2 Å². The van der Waals surface area contributed by atoms with Crippen molar-refractivity contribution in [1.82, 2.24) is 9.88 Å². The van der Waals surface area contributed by atoms with E-state index in [2.05, 4.69) is 4.98 Å². The summed E-state index contributed by atoms with van der Waals surface area (Å²) >= 11 is 5.94. The lowest BCUT2D eigenvalue weighted by molar-refractivity contribution is -0.124. The third-order valence-electron chi connectivity index (χ3n) is 2.50. The first-order valence-corrected chi connectivity index (χ1v) is 5.61. The van der Waals surface area contributed by atoms with Crippen LogP contribution in [0.4, 0.5) is 0 Å². The van der Waals surface area contributed by atoms with Gasteiger partial charge in [-0.25, -0.2) is 0 Å². The van der Waals surface area contributed by atoms with Gasteiger partial charge in [0.05, 0.1) is 22.8 Å². The maximum atomic E-state index is 11.7. The Kier molecular flexibility index (Phi) is 3.40. The average molecular weight is 248 g/mol. The van der Waals surface area contributed by atoms with Gasteiger partial charge in [0, 0.05) is 25.2 Å². The van der Waals surface area contributed by atoms with E-state index in [1.54, 1.807) is 18.3 Å². The Morgan fingerprint density at radius 1 is 1.65 bits per heavy atom. The van der Waals surface area contributed by atoms with Crippen molar-refractivity contribution in [3.63, 3.8) is 0 Å². The summed E-state index contributed by atoms with van der Waals surface area (Å²) in [5.74, 6) is -0.0721. The number of hydrogen-bond acceptors (Lipinski definition) is 3. The molecule has 2 rings (SSSR count). The van der Waals surface area contributed by atoms with Crippen LogP contribution in [0.1, 0.15) is 12.1 Å². The smallest absolute Gasteiger partial charge is 0.228 e. The Bertz CT molecular complexity index is 492. The molecule has 4 nitrogen and oxygen atoms in total. The molecule has 1 fully saturated rings. The number of pyridine rings is 1. The Morgan fingerprint density at radius 3 is 3.00 bits per heavy atom. The van der Waals surface area contributed by atoms with Crippen molar-refractivity contribution in [1.29, 1.82) is 5.26 Å². The number of hydrogen-bond donors (Lipinski definition) is 0. The standard InChI is InChI=1S/C12H10ClN3O/c13-9-7-12(17)16(8-9)11(4-5-14)10-3-1-2-6-15-10/h1-4,6,9H,7-8H2. The number of rotatable bonds is 2. The largest absolute Gasteiger partial charge is 0.308 e. The van der Waals surface area contributed by atoms with Gasteiger partial charge < -0.3 is 4.90 Å². The van der Waals surface area contributed by atoms with Crippen molar-refractivity contribution in [2.45, 2.75) is 11.8 Å². The molecule has 1 unspecified atom stereocenters. The van der Waals surface area contributed by atoms with Crippen LogP contribution in [0.5, 0.6) is 0 Å². The van der Waals surface area contributed by atoms with E-state index < -0.39 is 0 Å². The first kappa shape index (κ1) is 11.6. The maximum Gasteiger partial charge on any atom is 0.228 e. The number of amides is 1. The van der Waals surface area contributed by atoms with Crippen molar-refractivity contribution in [3.8, 4) is 6.07 Å². The second-order valence-corrected chi connectivity index (χ2v) is 4.30. The number of nitriles is 1. The minimum atomic E-state index is -0.201. The second-order valence-electron chi connectivity index (χ2n) is 3.68. The number of nitrogens with zero attached hydrogens (tertiary/aromatic N) is 3. The summed E-state index contributed by atoms with van der Waals surface area (Å²) in [4.78, 5) is 17.4. The molecule has 1 aliphatic heterocycles. The molecule has 1 amide bonds. The normalized spacial score (nSPS) is 20.5. The zero-order chi connectivity index (χ0) is 12.3. The van der Waals surface area contributed by atoms with E-state index in [0.717, 1.165) is 0 Å². The van der Waals surface area contributed by atoms with Gasteiger partial charge in [0.1, 0.15) is 0 Å². The van der Waals surface area contributed by atoms with Crippen LogP contribution in [0.15, 0.2) is 30.5 Å². The molecule has 0 aliphatic carbocycles. The SMILES string of the molecule is N#CC=C(c1ccccn1)N1CC(Cl)CC1=O. The molecule has 1 aromatic heterocycles. The quantitative estimate of drug-likeness (QED) is 0.591. The number of halogens is 1. The summed E-state index contributed by atoms with van der Waals surface area (Å²) in [6.07, 6.45) is 3.26. The summed E-state index contributed by atoms with van der Waals surface area (Å²) in [6, 6.07) is 7.29. The molecule has 0 N–H and O–H groups in total. The monoisotopic (exact) mass is 247 g/mol. The van der Waals surface area contributed by atoms with E-state index >= 15 is 0 Å². The molecule has 1 aromatic rings. The van der Waals surface area contributed by atoms with Crippen LogP contribution in [-0.2, 0) is 4.79 Å². The highest BCUT2D eigenvalue weighted by Gasteiger charge is 2.31. The zero-order valence-corrected chi connectivity index (χ0v) is 9.76. The molecule has 17 heavy (non-hydrogen) atoms. The molecule has 0 aromatic carbocycles. The lowest BCUT2D eigenvalue weighted by Gasteiger charge is -2.18. The molecule has 0 bridgehead atoms. The molecule has 0 spiro atoms. The molecule has 1 saturated heterocycles. The third-order valence-corrected chi connectivity index (χ3v) is 2.79. The Labute approximate surface area is 104 Å². The molecule has 1 atom stereocenters. The Morgan fingerprint density at radius 2 is 2.47 bits per heavy atom. The third kappa shape index (κ3) is 2.45. The minimum absolute atomic E-state index is 0.0721. The number of aromatic nitrogens is 1. The highest BCUT2D eigenvalue weighted by Crippen LogP contribution is 2.25. The van der Waals surface area contributed by atoms with Crippen molar-refractivity contribution in [2.24, 2.45) is 0 Å². The van der Waals surface area contributed by atoms with E-state index in [-0.39, 0.29) is 11.3 Å². The molecule has 5 heteroatoms. The number of carbonyl (C=O) groups excluding carboxylic acids is 1. The van der Waals surface area contributed by atoms with Crippen LogP contribution in [0.3, 0.4) is 0 Å². The highest BCUT2D eigenvalue weighted by atomic mass is 35.5. The average Bonchev–Trinajstić information content (AvgIpc) is 2.66. The van der Waals surface area contributed by atoms with E-state index in [4.69, 9.17) is 16.9 Å². The van der Waals surface area contributed by atoms with E-state index in [1.807, 2.05) is 12.1 Å². The van der Waals surface area contributed by atoms with Crippen molar-refractivity contribution < 1.29 is 4.79 Å². The molecular weight excluding hydrogens is 238 g/mol. The number of likely N-dealkylation sites (tertiary alicyclic amines) is 1. The second kappa shape index (κ2) is 4.98. The molecule has 0 radical (unpaired) electrons. The molecule has 2 heterocycles. The Balaban J connectivity index is 2.35. The summed E-state index contributed by atoms with van der Waals surface area (Å²) in [6.45, 7) is 0.421. The van der Waals surface area contributed by atoms with Gasteiger partial charge in [-0.1, -0.05) is 6.07 Å². The number of alkyl halides is 1. The van der Waals surface area contributed by atoms with E-state index in [9.17, 15) is 4.79 Å². The van der Waals surface area contributed by atoms with Gasteiger partial charge in [0.15, 0.2) is 0 Å². The fourth-order valence-corrected chi connectivity index (χ4v) is 2.03. The van der Waals surface area contributed by atoms with Crippen LogP contribution in [0.25, 0.3) is 5.70 Å². The van der Waals surface area contributed by atoms with E-state index in [0.29, 0.717) is 24.4 Å². The van der Waals surface area contributed by atoms with Crippen molar-refractivity contribution in [3.05, 3.63) is 36.2 Å². The summed E-state index contributed by atoms with van der Waals surface area (Å²) in [5, 5.41) is 8.58. The topological polar surface area (TPSA) is 57.0 Å². The predicted molar refractivity (Wildman–Crippen MR) is 63.8 cm³/mol. The molecular formula is C12H10ClN3O. The van der Waals surface area contributed by atoms with Crippen LogP contribution < -0.4 is 0 Å². The Hall–Kier alpha value is -1.86. The van der Waals surface area contributed by atoms with Crippen LogP contribution in [0, 0.1) is 11.3 Å². The van der Waals surface area contributed by atoms with Gasteiger partial charge in [0.2, 0.25) is 5.91 Å². The zero-order valence-electron chi connectivity index (χ0n) is 9.01. The summed E-state index contributed by atoms with van der Waals surface area (Å²) in [7, 11) is 0. The molecule has 86 valence electrons. The lowest BCUT2D eigenvalue weighted by atomic mass is 10.2. The summed E-state index contributed by atoms with van der Waals surface area (Å²) in [5.41, 5.74) is 1.12. The van der Waals surface area contributed by atoms with Crippen LogP contribution >= 0.6 is 11.6 Å². The first-order valence-electron chi connectivity index (χ1n) is 5.18. The number of allylic oxidation sites excluding steroid dienone is 1. The highest BCUT2D eigenvalue weighted by molar-refractivity contribution is 6.23. The van der Waals surface area contributed by atoms with Gasteiger partial charge in [-0.3, -0.25) is 9.78 Å². The van der Waals surface area contributed by atoms with Gasteiger partial charge in [0.25, 0.3) is 0 Å². The van der Waals surface area contributed by atoms with Crippen LogP contribution in [-0.4, -0.2) is 27.7 Å². The molecule has 1 aliphatic rings. The van der Waals surface area contributed by atoms with Gasteiger partial charge >= 0.3 is 0 Å². The van der Waals surface area contributed by atoms with E-state index in [1.165, 1.54) is 11.0 Å². The minimum Gasteiger partial charge on any atom is -0.308 e. The van der Waals surface area contributed by atoms with Gasteiger partial charge in [-0.05, 0) is 12.1 Å². The molecule has 0 saturated carbocycles. The summed E-state index contributed by atoms with van der Waals surface area (Å²) < 4.78 is 0. The first-order chi connectivity index (χ1) is 8.22. The lowest BCUT2D eigenvalue weighted by Crippen LogP contribution is -2.24. The number of carbonyl (C=O) groups is 1. The fourth-order valence-electron chi connectivity index (χ4n) is 1.76.